The molecule has 4 saturated carbocycles. The summed E-state index contributed by atoms with van der Waals surface area (Å²) in [6, 6.07) is 9.10. The molecule has 2 saturated heterocycles. The lowest BCUT2D eigenvalue weighted by Crippen LogP contribution is -2.51. The standard InChI is InChI=1S/2C18H20F6O6.C15H24.C14H28O2/c2*1-4-15(2,3)12(25)28-9-7-5-8-10(9)29-13(26)16(8,6-7)14(27)30-11(17(19,20)21)18(22,23)24;1-7-15(5,6)13-10-8-12(9-11-13)14(2,3)4;1-6-9-10-12(7-2)11-16-13(15)14(4,5)8-3/h2*7-11H,4-6H2,1-3H3;8-11H,7H2,1-6H3;12H,6-11H2,1-5H3. The van der Waals surface area contributed by atoms with E-state index in [1.165, 1.54) is 36.8 Å². The van der Waals surface area contributed by atoms with E-state index in [1.54, 1.807) is 41.5 Å². The zero-order chi connectivity index (χ0) is 70.0. The third-order valence-corrected chi connectivity index (χ3v) is 19.7. The molecule has 4 aliphatic carbocycles. The summed E-state index contributed by atoms with van der Waals surface area (Å²) in [5, 5.41) is 0. The minimum Gasteiger partial charge on any atom is -0.465 e. The number of benzene rings is 1. The van der Waals surface area contributed by atoms with Gasteiger partial charge in [-0.05, 0) is 127 Å². The molecular formula is C65H92F12O14. The van der Waals surface area contributed by atoms with Gasteiger partial charge in [-0.25, -0.2) is 0 Å². The van der Waals surface area contributed by atoms with E-state index in [0.717, 1.165) is 12.8 Å². The van der Waals surface area contributed by atoms with Crippen molar-refractivity contribution in [3.63, 3.8) is 0 Å². The molecule has 0 amide bonds. The van der Waals surface area contributed by atoms with Gasteiger partial charge in [0.1, 0.15) is 24.4 Å². The molecule has 11 unspecified atom stereocenters. The van der Waals surface area contributed by atoms with Crippen LogP contribution in [0.15, 0.2) is 24.3 Å². The van der Waals surface area contributed by atoms with Crippen LogP contribution in [-0.4, -0.2) is 110 Å². The second-order valence-corrected chi connectivity index (χ2v) is 28.6. The first-order valence-electron chi connectivity index (χ1n) is 31.2. The first kappa shape index (κ1) is 78.1. The number of carbonyl (C=O) groups excluding carboxylic acids is 7. The minimum atomic E-state index is -5.89. The van der Waals surface area contributed by atoms with Crippen LogP contribution in [0.2, 0.25) is 0 Å². The molecule has 11 atom stereocenters. The van der Waals surface area contributed by atoms with E-state index in [0.29, 0.717) is 30.8 Å². The Kier molecular flexibility index (Phi) is 24.3. The van der Waals surface area contributed by atoms with Crippen molar-refractivity contribution in [1.82, 2.24) is 0 Å². The summed E-state index contributed by atoms with van der Waals surface area (Å²) in [5.74, 6) is -10.3. The fraction of sp³-hybridized carbons (Fsp3) is 0.800. The van der Waals surface area contributed by atoms with Gasteiger partial charge in [0.05, 0.1) is 22.9 Å². The van der Waals surface area contributed by atoms with Gasteiger partial charge in [-0.2, -0.15) is 52.7 Å². The van der Waals surface area contributed by atoms with Gasteiger partial charge in [0.15, 0.2) is 10.8 Å². The Morgan fingerprint density at radius 2 is 0.857 bits per heavy atom. The molecule has 91 heavy (non-hydrogen) atoms. The lowest BCUT2D eigenvalue weighted by Gasteiger charge is -2.33. The van der Waals surface area contributed by atoms with Crippen molar-refractivity contribution >= 4 is 41.8 Å². The monoisotopic (exact) mass is 1320 g/mol. The van der Waals surface area contributed by atoms with E-state index in [1.807, 2.05) is 20.8 Å². The summed E-state index contributed by atoms with van der Waals surface area (Å²) in [4.78, 5) is 86.1. The Labute approximate surface area is 525 Å². The largest absolute Gasteiger partial charge is 0.465 e. The van der Waals surface area contributed by atoms with E-state index in [2.05, 4.69) is 89.1 Å². The highest BCUT2D eigenvalue weighted by atomic mass is 19.4. The molecule has 2 heterocycles. The average Bonchev–Trinajstić information content (AvgIpc) is 1.80. The lowest BCUT2D eigenvalue weighted by molar-refractivity contribution is -0.316. The van der Waals surface area contributed by atoms with Crippen molar-refractivity contribution in [3.8, 4) is 0 Å². The van der Waals surface area contributed by atoms with E-state index < -0.39 is 155 Å². The quantitative estimate of drug-likeness (QED) is 0.0520. The third-order valence-electron chi connectivity index (χ3n) is 19.7. The molecule has 0 aromatic heterocycles. The second-order valence-electron chi connectivity index (χ2n) is 28.6. The Morgan fingerprint density at radius 1 is 0.516 bits per heavy atom. The van der Waals surface area contributed by atoms with Gasteiger partial charge < -0.3 is 33.2 Å². The molecule has 0 spiro atoms. The zero-order valence-electron chi connectivity index (χ0n) is 55.1. The summed E-state index contributed by atoms with van der Waals surface area (Å²) in [6.45, 7) is 34.6. The maximum Gasteiger partial charge on any atom is 0.434 e. The Balaban J connectivity index is 0.000000272. The maximum absolute atomic E-state index is 12.8. The van der Waals surface area contributed by atoms with Gasteiger partial charge in [0, 0.05) is 23.7 Å². The van der Waals surface area contributed by atoms with Crippen LogP contribution in [-0.2, 0) is 77.5 Å². The summed E-state index contributed by atoms with van der Waals surface area (Å²) in [6.07, 6.45) is -29.4. The highest BCUT2D eigenvalue weighted by Crippen LogP contribution is 2.65. The Bertz CT molecular complexity index is 2570. The molecule has 26 heteroatoms. The lowest BCUT2D eigenvalue weighted by atomic mass is 9.73. The number of halogens is 12. The van der Waals surface area contributed by atoms with Gasteiger partial charge in [0.2, 0.25) is 0 Å². The van der Waals surface area contributed by atoms with Crippen molar-refractivity contribution in [2.24, 2.45) is 56.7 Å². The van der Waals surface area contributed by atoms with Crippen molar-refractivity contribution in [2.45, 2.75) is 267 Å². The molecule has 14 nitrogen and oxygen atoms in total. The average molecular weight is 1330 g/mol. The number of unbranched alkanes of at least 4 members (excludes halogenated alkanes) is 1. The topological polar surface area (TPSA) is 184 Å². The van der Waals surface area contributed by atoms with Crippen LogP contribution in [0.25, 0.3) is 0 Å². The van der Waals surface area contributed by atoms with Crippen molar-refractivity contribution in [1.29, 1.82) is 0 Å². The number of esters is 7. The normalized spacial score (nSPS) is 26.3. The number of hydrogen-bond acceptors (Lipinski definition) is 14. The van der Waals surface area contributed by atoms with Crippen molar-refractivity contribution in [2.75, 3.05) is 6.61 Å². The van der Waals surface area contributed by atoms with Gasteiger partial charge in [-0.15, -0.1) is 0 Å². The molecular weight excluding hydrogens is 1230 g/mol. The molecule has 4 bridgehead atoms. The summed E-state index contributed by atoms with van der Waals surface area (Å²) < 4.78 is 187. The molecule has 0 radical (unpaired) electrons. The van der Waals surface area contributed by atoms with Crippen LogP contribution in [0.1, 0.15) is 206 Å². The highest BCUT2D eigenvalue weighted by molar-refractivity contribution is 6.04. The maximum atomic E-state index is 12.8. The molecule has 520 valence electrons. The molecule has 7 rings (SSSR count). The summed E-state index contributed by atoms with van der Waals surface area (Å²) in [7, 11) is 0. The fourth-order valence-electron chi connectivity index (χ4n) is 11.8. The molecule has 1 aromatic carbocycles. The number of carbonyl (C=O) groups is 7. The number of ether oxygens (including phenoxy) is 7. The number of fused-ring (bicyclic) bond motifs is 2. The van der Waals surface area contributed by atoms with Crippen LogP contribution in [0.5, 0.6) is 0 Å². The Morgan fingerprint density at radius 3 is 1.15 bits per heavy atom. The molecule has 6 aliphatic rings. The SMILES string of the molecule is CCC(C)(C)C(=O)OC1C2CC3C1OC(=O)C3(C(=O)OC(C(F)(F)F)C(F)(F)F)C2.CCC(C)(C)C(=O)OC1C2CC3C1OC(=O)C3(C(=O)OC(C(F)(F)F)C(F)(F)F)C2.CCC(C)(C)c1ccc(C(C)(C)C)cc1.CCCCC(CC)COC(=O)C(C)(C)CC. The number of rotatable bonds is 20. The minimum absolute atomic E-state index is 0.0510. The fourth-order valence-corrected chi connectivity index (χ4v) is 11.8. The van der Waals surface area contributed by atoms with Gasteiger partial charge in [-0.3, -0.25) is 33.6 Å². The van der Waals surface area contributed by atoms with Gasteiger partial charge in [0.25, 0.3) is 12.2 Å². The van der Waals surface area contributed by atoms with Gasteiger partial charge >= 0.3 is 66.5 Å². The van der Waals surface area contributed by atoms with E-state index in [4.69, 9.17) is 23.7 Å². The van der Waals surface area contributed by atoms with E-state index in [-0.39, 0.29) is 29.6 Å². The molecule has 1 aromatic rings. The van der Waals surface area contributed by atoms with Crippen LogP contribution in [0.3, 0.4) is 0 Å². The van der Waals surface area contributed by atoms with Crippen molar-refractivity contribution < 1.29 is 119 Å². The zero-order valence-corrected chi connectivity index (χ0v) is 55.1. The highest BCUT2D eigenvalue weighted by Gasteiger charge is 2.78. The van der Waals surface area contributed by atoms with Crippen molar-refractivity contribution in [3.05, 3.63) is 35.4 Å². The van der Waals surface area contributed by atoms with Crippen LogP contribution >= 0.6 is 0 Å². The van der Waals surface area contributed by atoms with Gasteiger partial charge in [-0.1, -0.05) is 120 Å². The van der Waals surface area contributed by atoms with Crippen LogP contribution in [0, 0.1) is 56.7 Å². The number of hydrogen-bond donors (Lipinski definition) is 0. The van der Waals surface area contributed by atoms with Crippen LogP contribution in [0.4, 0.5) is 52.7 Å². The van der Waals surface area contributed by atoms with Crippen LogP contribution < -0.4 is 0 Å². The molecule has 2 aliphatic heterocycles. The molecule has 0 N–H and O–H groups in total. The smallest absolute Gasteiger partial charge is 0.434 e. The molecule has 6 fully saturated rings. The first-order valence-corrected chi connectivity index (χ1v) is 31.2. The number of alkyl halides is 12. The second kappa shape index (κ2) is 28.3. The van der Waals surface area contributed by atoms with E-state index >= 15 is 0 Å². The predicted octanol–water partition coefficient (Wildman–Crippen LogP) is 15.5. The summed E-state index contributed by atoms with van der Waals surface area (Å²) in [5.41, 5.74) is -3.11. The predicted molar refractivity (Wildman–Crippen MR) is 306 cm³/mol. The van der Waals surface area contributed by atoms with E-state index in [9.17, 15) is 86.2 Å². The summed E-state index contributed by atoms with van der Waals surface area (Å²) >= 11 is 0. The third kappa shape index (κ3) is 17.2. The Hall–Kier alpha value is -5.33. The first-order chi connectivity index (χ1) is 41.3.